The normalized spacial score (nSPS) is 25.3. The van der Waals surface area contributed by atoms with E-state index in [0.29, 0.717) is 17.4 Å². The van der Waals surface area contributed by atoms with E-state index in [1.54, 1.807) is 12.1 Å². The summed E-state index contributed by atoms with van der Waals surface area (Å²) in [6.07, 6.45) is 6.07. The summed E-state index contributed by atoms with van der Waals surface area (Å²) in [7, 11) is 0. The molecule has 22 heavy (non-hydrogen) atoms. The number of benzene rings is 1. The first-order valence-corrected chi connectivity index (χ1v) is 7.94. The Balaban J connectivity index is 0.00000176. The molecule has 2 unspecified atom stereocenters. The lowest BCUT2D eigenvalue weighted by atomic mass is 9.60. The van der Waals surface area contributed by atoms with Crippen LogP contribution in [0.5, 0.6) is 0 Å². The molecule has 0 heterocycles. The summed E-state index contributed by atoms with van der Waals surface area (Å²) in [5.41, 5.74) is 7.19. The van der Waals surface area contributed by atoms with Gasteiger partial charge in [0.15, 0.2) is 0 Å². The third-order valence-electron chi connectivity index (χ3n) is 5.14. The van der Waals surface area contributed by atoms with E-state index in [1.165, 1.54) is 25.7 Å². The summed E-state index contributed by atoms with van der Waals surface area (Å²) in [6.45, 7) is 2.80. The highest BCUT2D eigenvalue weighted by Gasteiger charge is 2.57. The molecule has 0 aliphatic heterocycles. The van der Waals surface area contributed by atoms with Crippen molar-refractivity contribution in [1.29, 1.82) is 0 Å². The van der Waals surface area contributed by atoms with Crippen LogP contribution in [0.3, 0.4) is 0 Å². The molecule has 2 saturated carbocycles. The van der Waals surface area contributed by atoms with Crippen LogP contribution in [0.1, 0.15) is 49.4 Å². The molecule has 2 fully saturated rings. The van der Waals surface area contributed by atoms with Gasteiger partial charge in [0.2, 0.25) is 0 Å². The number of nitrogens with two attached hydrogens (primary N) is 1. The van der Waals surface area contributed by atoms with Crippen molar-refractivity contribution in [2.45, 2.75) is 51.2 Å². The molecule has 1 aromatic carbocycles. The van der Waals surface area contributed by atoms with Gasteiger partial charge in [-0.1, -0.05) is 18.9 Å². The number of amides is 1. The van der Waals surface area contributed by atoms with Crippen LogP contribution in [0.15, 0.2) is 24.3 Å². The minimum Gasteiger partial charge on any atom is -0.399 e. The van der Waals surface area contributed by atoms with Crippen molar-refractivity contribution in [1.82, 2.24) is 5.32 Å². The lowest BCUT2D eigenvalue weighted by Crippen LogP contribution is -2.63. The van der Waals surface area contributed by atoms with Crippen LogP contribution in [-0.2, 0) is 4.74 Å². The standard InChI is InChI=1S/C17H24N2O2.ClH/c1-2-21-15-11-14(17(15)8-3-4-9-17)19-16(20)12-6-5-7-13(18)10-12;/h5-7,10,14-15H,2-4,8-9,11,18H2,1H3,(H,19,20);1H. The molecule has 2 aliphatic rings. The van der Waals surface area contributed by atoms with Gasteiger partial charge in [0, 0.05) is 29.3 Å². The Labute approximate surface area is 138 Å². The number of nitrogen functional groups attached to an aromatic ring is 1. The number of ether oxygens (including phenoxy) is 1. The van der Waals surface area contributed by atoms with Gasteiger partial charge in [-0.2, -0.15) is 0 Å². The highest BCUT2D eigenvalue weighted by atomic mass is 35.5. The largest absolute Gasteiger partial charge is 0.399 e. The number of anilines is 1. The van der Waals surface area contributed by atoms with Gasteiger partial charge in [-0.15, -0.1) is 12.4 Å². The Morgan fingerprint density at radius 2 is 2.14 bits per heavy atom. The summed E-state index contributed by atoms with van der Waals surface area (Å²) in [6, 6.07) is 7.40. The van der Waals surface area contributed by atoms with E-state index < -0.39 is 0 Å². The average Bonchev–Trinajstić information content (AvgIpc) is 2.98. The maximum Gasteiger partial charge on any atom is 0.251 e. The highest BCUT2D eigenvalue weighted by molar-refractivity contribution is 5.95. The van der Waals surface area contributed by atoms with Crippen molar-refractivity contribution in [2.75, 3.05) is 12.3 Å². The van der Waals surface area contributed by atoms with Crippen molar-refractivity contribution in [3.63, 3.8) is 0 Å². The fourth-order valence-corrected chi connectivity index (χ4v) is 4.01. The Hall–Kier alpha value is -1.26. The zero-order chi connectivity index (χ0) is 14.9. The van der Waals surface area contributed by atoms with Crippen LogP contribution >= 0.6 is 12.4 Å². The molecule has 1 spiro atoms. The molecule has 3 rings (SSSR count). The van der Waals surface area contributed by atoms with Gasteiger partial charge < -0.3 is 15.8 Å². The second-order valence-corrected chi connectivity index (χ2v) is 6.27. The Morgan fingerprint density at radius 3 is 2.77 bits per heavy atom. The van der Waals surface area contributed by atoms with Crippen molar-refractivity contribution in [2.24, 2.45) is 5.41 Å². The summed E-state index contributed by atoms with van der Waals surface area (Å²) in [4.78, 5) is 12.4. The van der Waals surface area contributed by atoms with Crippen LogP contribution in [0.25, 0.3) is 0 Å². The number of rotatable bonds is 4. The van der Waals surface area contributed by atoms with Gasteiger partial charge in [-0.25, -0.2) is 0 Å². The molecule has 4 nitrogen and oxygen atoms in total. The predicted octanol–water partition coefficient (Wildman–Crippen LogP) is 3.16. The number of nitrogens with one attached hydrogen (secondary N) is 1. The molecule has 1 amide bonds. The molecule has 3 N–H and O–H groups in total. The SMILES string of the molecule is CCOC1CC(NC(=O)c2cccc(N)c2)C12CCCC2.Cl. The highest BCUT2D eigenvalue weighted by Crippen LogP contribution is 2.54. The van der Waals surface area contributed by atoms with E-state index in [2.05, 4.69) is 5.32 Å². The second-order valence-electron chi connectivity index (χ2n) is 6.27. The van der Waals surface area contributed by atoms with Crippen LogP contribution < -0.4 is 11.1 Å². The van der Waals surface area contributed by atoms with Crippen LogP contribution in [-0.4, -0.2) is 24.7 Å². The number of carbonyl (C=O) groups is 1. The van der Waals surface area contributed by atoms with Crippen molar-refractivity contribution >= 4 is 24.0 Å². The maximum absolute atomic E-state index is 12.4. The first kappa shape index (κ1) is 17.1. The number of hydrogen-bond acceptors (Lipinski definition) is 3. The van der Waals surface area contributed by atoms with Crippen LogP contribution in [0.2, 0.25) is 0 Å². The Morgan fingerprint density at radius 1 is 1.41 bits per heavy atom. The van der Waals surface area contributed by atoms with Crippen LogP contribution in [0, 0.1) is 5.41 Å². The van der Waals surface area contributed by atoms with Gasteiger partial charge >= 0.3 is 0 Å². The maximum atomic E-state index is 12.4. The minimum absolute atomic E-state index is 0. The smallest absolute Gasteiger partial charge is 0.251 e. The molecule has 2 atom stereocenters. The third-order valence-corrected chi connectivity index (χ3v) is 5.14. The summed E-state index contributed by atoms with van der Waals surface area (Å²) < 4.78 is 5.88. The minimum atomic E-state index is -0.0199. The topological polar surface area (TPSA) is 64.3 Å². The van der Waals surface area contributed by atoms with E-state index >= 15 is 0 Å². The van der Waals surface area contributed by atoms with E-state index in [-0.39, 0.29) is 29.8 Å². The lowest BCUT2D eigenvalue weighted by molar-refractivity contribution is -0.127. The van der Waals surface area contributed by atoms with E-state index in [4.69, 9.17) is 10.5 Å². The number of halogens is 1. The first-order valence-electron chi connectivity index (χ1n) is 7.94. The van der Waals surface area contributed by atoms with Crippen LogP contribution in [0.4, 0.5) is 5.69 Å². The number of carbonyl (C=O) groups excluding carboxylic acids is 1. The zero-order valence-corrected chi connectivity index (χ0v) is 13.8. The molecule has 1 aromatic rings. The monoisotopic (exact) mass is 324 g/mol. The molecule has 122 valence electrons. The molecule has 0 aromatic heterocycles. The summed E-state index contributed by atoms with van der Waals surface area (Å²) in [5, 5.41) is 3.21. The molecule has 0 saturated heterocycles. The molecular formula is C17H25ClN2O2. The van der Waals surface area contributed by atoms with Gasteiger partial charge in [0.05, 0.1) is 6.10 Å². The van der Waals surface area contributed by atoms with Crippen molar-refractivity contribution in [3.8, 4) is 0 Å². The number of hydrogen-bond donors (Lipinski definition) is 2. The van der Waals surface area contributed by atoms with Gasteiger partial charge in [0.1, 0.15) is 0 Å². The molecular weight excluding hydrogens is 300 g/mol. The van der Waals surface area contributed by atoms with Crippen molar-refractivity contribution < 1.29 is 9.53 Å². The molecule has 0 bridgehead atoms. The lowest BCUT2D eigenvalue weighted by Gasteiger charge is -2.54. The third kappa shape index (κ3) is 2.95. The fraction of sp³-hybridized carbons (Fsp3) is 0.588. The van der Waals surface area contributed by atoms with Gasteiger partial charge in [0.25, 0.3) is 5.91 Å². The Bertz CT molecular complexity index is 529. The Kier molecular flexibility index (Phi) is 5.35. The summed E-state index contributed by atoms with van der Waals surface area (Å²) >= 11 is 0. The molecule has 5 heteroatoms. The molecule has 0 radical (unpaired) electrons. The van der Waals surface area contributed by atoms with Gasteiger partial charge in [-0.05, 0) is 44.4 Å². The quantitative estimate of drug-likeness (QED) is 0.836. The predicted molar refractivity (Wildman–Crippen MR) is 90.3 cm³/mol. The van der Waals surface area contributed by atoms with Crippen molar-refractivity contribution in [3.05, 3.63) is 29.8 Å². The van der Waals surface area contributed by atoms with E-state index in [1.807, 2.05) is 19.1 Å². The summed E-state index contributed by atoms with van der Waals surface area (Å²) in [5.74, 6) is -0.0199. The fourth-order valence-electron chi connectivity index (χ4n) is 4.01. The van der Waals surface area contributed by atoms with E-state index in [9.17, 15) is 4.79 Å². The van der Waals surface area contributed by atoms with Gasteiger partial charge in [-0.3, -0.25) is 4.79 Å². The second kappa shape index (κ2) is 6.88. The van der Waals surface area contributed by atoms with E-state index in [0.717, 1.165) is 13.0 Å². The molecule has 2 aliphatic carbocycles. The zero-order valence-electron chi connectivity index (χ0n) is 13.0. The first-order chi connectivity index (χ1) is 10.2. The average molecular weight is 325 g/mol.